The van der Waals surface area contributed by atoms with E-state index >= 15 is 0 Å². The highest BCUT2D eigenvalue weighted by atomic mass is 79.9. The van der Waals surface area contributed by atoms with Crippen LogP contribution in [0.25, 0.3) is 0 Å². The monoisotopic (exact) mass is 348 g/mol. The van der Waals surface area contributed by atoms with Crippen molar-refractivity contribution in [3.63, 3.8) is 0 Å². The van der Waals surface area contributed by atoms with Crippen molar-refractivity contribution in [1.82, 2.24) is 9.29 Å². The molecule has 2 rings (SSSR count). The number of aromatic carboxylic acids is 1. The Labute approximate surface area is 119 Å². The third-order valence-corrected chi connectivity index (χ3v) is 4.40. The van der Waals surface area contributed by atoms with Crippen molar-refractivity contribution in [3.8, 4) is 0 Å². The average molecular weight is 349 g/mol. The SMILES string of the molecule is C=C(Br)CNS(=O)(=O)c1cc(C(=O)O)n(C2CC2)c1. The summed E-state index contributed by atoms with van der Waals surface area (Å²) in [5.41, 5.74) is 0.000503. The lowest BCUT2D eigenvalue weighted by Gasteiger charge is -2.03. The Balaban J connectivity index is 2.32. The van der Waals surface area contributed by atoms with Crippen molar-refractivity contribution in [2.45, 2.75) is 23.8 Å². The molecule has 1 heterocycles. The summed E-state index contributed by atoms with van der Waals surface area (Å²) in [7, 11) is -3.72. The molecule has 0 saturated heterocycles. The van der Waals surface area contributed by atoms with Crippen molar-refractivity contribution in [2.75, 3.05) is 6.54 Å². The van der Waals surface area contributed by atoms with Crippen LogP contribution in [0.3, 0.4) is 0 Å². The van der Waals surface area contributed by atoms with Crippen LogP contribution >= 0.6 is 15.9 Å². The van der Waals surface area contributed by atoms with Crippen LogP contribution < -0.4 is 4.72 Å². The van der Waals surface area contributed by atoms with E-state index in [0.717, 1.165) is 12.8 Å². The van der Waals surface area contributed by atoms with Crippen molar-refractivity contribution in [3.05, 3.63) is 29.0 Å². The van der Waals surface area contributed by atoms with Gasteiger partial charge < -0.3 is 9.67 Å². The molecule has 1 fully saturated rings. The third-order valence-electron chi connectivity index (χ3n) is 2.75. The van der Waals surface area contributed by atoms with Gasteiger partial charge in [0.25, 0.3) is 0 Å². The van der Waals surface area contributed by atoms with E-state index in [9.17, 15) is 13.2 Å². The van der Waals surface area contributed by atoms with E-state index < -0.39 is 16.0 Å². The fraction of sp³-hybridized carbons (Fsp3) is 0.364. The number of hydrogen-bond donors (Lipinski definition) is 2. The summed E-state index contributed by atoms with van der Waals surface area (Å²) >= 11 is 3.06. The lowest BCUT2D eigenvalue weighted by atomic mass is 10.4. The predicted molar refractivity (Wildman–Crippen MR) is 72.9 cm³/mol. The Bertz CT molecular complexity index is 631. The second-order valence-corrected chi connectivity index (χ2v) is 7.23. The van der Waals surface area contributed by atoms with Gasteiger partial charge in [0.05, 0.1) is 0 Å². The van der Waals surface area contributed by atoms with Crippen molar-refractivity contribution in [2.24, 2.45) is 0 Å². The molecule has 0 bridgehead atoms. The largest absolute Gasteiger partial charge is 0.477 e. The van der Waals surface area contributed by atoms with Gasteiger partial charge in [-0.2, -0.15) is 0 Å². The minimum Gasteiger partial charge on any atom is -0.477 e. The lowest BCUT2D eigenvalue weighted by molar-refractivity contribution is 0.0685. The molecule has 0 spiro atoms. The Kier molecular flexibility index (Phi) is 3.84. The van der Waals surface area contributed by atoms with E-state index in [-0.39, 0.29) is 23.2 Å². The van der Waals surface area contributed by atoms with E-state index in [2.05, 4.69) is 27.2 Å². The number of nitrogens with one attached hydrogen (secondary N) is 1. The molecular weight excluding hydrogens is 336 g/mol. The number of sulfonamides is 1. The van der Waals surface area contributed by atoms with Gasteiger partial charge in [-0.25, -0.2) is 17.9 Å². The molecule has 1 aliphatic carbocycles. The Morgan fingerprint density at radius 3 is 2.68 bits per heavy atom. The molecule has 2 N–H and O–H groups in total. The van der Waals surface area contributed by atoms with Gasteiger partial charge in [-0.3, -0.25) is 0 Å². The summed E-state index contributed by atoms with van der Waals surface area (Å²) < 4.78 is 28.3. The van der Waals surface area contributed by atoms with Crippen LogP contribution in [0.1, 0.15) is 29.4 Å². The first kappa shape index (κ1) is 14.3. The van der Waals surface area contributed by atoms with Crippen LogP contribution in [0.5, 0.6) is 0 Å². The Morgan fingerprint density at radius 2 is 2.21 bits per heavy atom. The van der Waals surface area contributed by atoms with Crippen molar-refractivity contribution in [1.29, 1.82) is 0 Å². The van der Waals surface area contributed by atoms with Crippen molar-refractivity contribution < 1.29 is 18.3 Å². The fourth-order valence-electron chi connectivity index (χ4n) is 1.68. The first-order chi connectivity index (χ1) is 8.81. The van der Waals surface area contributed by atoms with Crippen molar-refractivity contribution >= 4 is 31.9 Å². The summed E-state index contributed by atoms with van der Waals surface area (Å²) in [5.74, 6) is -1.13. The predicted octanol–water partition coefficient (Wildman–Crippen LogP) is 1.71. The highest BCUT2D eigenvalue weighted by molar-refractivity contribution is 9.11. The van der Waals surface area contributed by atoms with E-state index in [1.807, 2.05) is 0 Å². The minimum atomic E-state index is -3.72. The third kappa shape index (κ3) is 3.26. The molecule has 0 aromatic carbocycles. The molecule has 8 heteroatoms. The molecule has 0 radical (unpaired) electrons. The smallest absolute Gasteiger partial charge is 0.352 e. The molecule has 0 unspecified atom stereocenters. The number of halogens is 1. The van der Waals surface area contributed by atoms with Gasteiger partial charge in [-0.1, -0.05) is 22.5 Å². The molecule has 0 aliphatic heterocycles. The van der Waals surface area contributed by atoms with Gasteiger partial charge >= 0.3 is 5.97 Å². The lowest BCUT2D eigenvalue weighted by Crippen LogP contribution is -2.24. The summed E-state index contributed by atoms with van der Waals surface area (Å²) in [6.45, 7) is 3.59. The Hall–Kier alpha value is -1.12. The molecule has 1 aromatic rings. The Morgan fingerprint density at radius 1 is 1.58 bits per heavy atom. The van der Waals surface area contributed by atoms with Gasteiger partial charge in [-0.05, 0) is 18.9 Å². The first-order valence-corrected chi connectivity index (χ1v) is 7.87. The van der Waals surface area contributed by atoms with Crippen LogP contribution in [-0.4, -0.2) is 30.6 Å². The molecule has 0 atom stereocenters. The summed E-state index contributed by atoms with van der Waals surface area (Å²) in [6.07, 6.45) is 3.13. The molecule has 6 nitrogen and oxygen atoms in total. The number of rotatable bonds is 6. The molecule has 1 saturated carbocycles. The number of nitrogens with zero attached hydrogens (tertiary/aromatic N) is 1. The van der Waals surface area contributed by atoms with E-state index in [1.54, 1.807) is 0 Å². The number of carbonyl (C=O) groups is 1. The number of carboxylic acid groups (broad SMARTS) is 1. The van der Waals surface area contributed by atoms with E-state index in [0.29, 0.717) is 4.48 Å². The number of carboxylic acids is 1. The maximum absolute atomic E-state index is 12.0. The fourth-order valence-corrected chi connectivity index (χ4v) is 3.06. The van der Waals surface area contributed by atoms with Gasteiger partial charge in [0.1, 0.15) is 10.6 Å². The van der Waals surface area contributed by atoms with Crippen LogP contribution in [0, 0.1) is 0 Å². The van der Waals surface area contributed by atoms with Gasteiger partial charge in [-0.15, -0.1) is 0 Å². The standard InChI is InChI=1S/C11H13BrN2O4S/c1-7(12)5-13-19(17,18)9-4-10(11(15)16)14(6-9)8-2-3-8/h4,6,8,13H,1-3,5H2,(H,15,16). The summed E-state index contributed by atoms with van der Waals surface area (Å²) in [6, 6.07) is 1.28. The summed E-state index contributed by atoms with van der Waals surface area (Å²) in [4.78, 5) is 11.1. The van der Waals surface area contributed by atoms with Crippen LogP contribution in [0.4, 0.5) is 0 Å². The zero-order valence-electron chi connectivity index (χ0n) is 9.97. The quantitative estimate of drug-likeness (QED) is 0.818. The first-order valence-electron chi connectivity index (χ1n) is 5.59. The molecule has 0 amide bonds. The van der Waals surface area contributed by atoms with Gasteiger partial charge in [0.15, 0.2) is 0 Å². The van der Waals surface area contributed by atoms with E-state index in [1.165, 1.54) is 16.8 Å². The van der Waals surface area contributed by atoms with Gasteiger partial charge in [0.2, 0.25) is 10.0 Å². The zero-order chi connectivity index (χ0) is 14.2. The minimum absolute atomic E-state index is 0.000503. The molecule has 104 valence electrons. The number of hydrogen-bond acceptors (Lipinski definition) is 3. The van der Waals surface area contributed by atoms with Crippen LogP contribution in [-0.2, 0) is 10.0 Å². The second kappa shape index (κ2) is 5.10. The zero-order valence-corrected chi connectivity index (χ0v) is 12.4. The topological polar surface area (TPSA) is 88.4 Å². The van der Waals surface area contributed by atoms with Crippen LogP contribution in [0.2, 0.25) is 0 Å². The molecule has 1 aliphatic rings. The molecule has 1 aromatic heterocycles. The number of aromatic nitrogens is 1. The van der Waals surface area contributed by atoms with Gasteiger partial charge in [0, 0.05) is 23.3 Å². The second-order valence-electron chi connectivity index (χ2n) is 4.35. The average Bonchev–Trinajstić information content (AvgIpc) is 3.04. The highest BCUT2D eigenvalue weighted by Crippen LogP contribution is 2.37. The molecular formula is C11H13BrN2O4S. The highest BCUT2D eigenvalue weighted by Gasteiger charge is 2.30. The maximum Gasteiger partial charge on any atom is 0.352 e. The molecule has 19 heavy (non-hydrogen) atoms. The summed E-state index contributed by atoms with van der Waals surface area (Å²) in [5, 5.41) is 9.08. The van der Waals surface area contributed by atoms with E-state index in [4.69, 9.17) is 5.11 Å². The normalized spacial score (nSPS) is 15.4. The maximum atomic E-state index is 12.0. The van der Waals surface area contributed by atoms with Crippen LogP contribution in [0.15, 0.2) is 28.2 Å².